The van der Waals surface area contributed by atoms with Gasteiger partial charge in [0.05, 0.1) is 20.8 Å². The van der Waals surface area contributed by atoms with Crippen LogP contribution < -0.4 is 19.5 Å². The molecule has 1 N–H and O–H groups in total. The Labute approximate surface area is 142 Å². The van der Waals surface area contributed by atoms with E-state index in [9.17, 15) is 4.79 Å². The Morgan fingerprint density at radius 1 is 1.00 bits per heavy atom. The van der Waals surface area contributed by atoms with Crippen LogP contribution in [-0.2, 0) is 11.3 Å². The number of methoxy groups -OCH3 is 2. The molecular weight excluding hydrogens is 306 g/mol. The molecule has 0 heterocycles. The van der Waals surface area contributed by atoms with Gasteiger partial charge in [-0.15, -0.1) is 0 Å². The Bertz CT molecular complexity index is 643. The van der Waals surface area contributed by atoms with E-state index in [1.165, 1.54) is 0 Å². The molecule has 0 saturated carbocycles. The number of nitrogens with one attached hydrogen (secondary N) is 1. The van der Waals surface area contributed by atoms with Crippen molar-refractivity contribution in [3.8, 4) is 17.2 Å². The molecular formula is C19H23NO4. The first-order valence-electron chi connectivity index (χ1n) is 7.88. The minimum absolute atomic E-state index is 0.00134. The SMILES string of the molecule is COc1ccc(CNC(=O)CCCOc2ccccc2)cc1OC. The number of hydrogen-bond donors (Lipinski definition) is 1. The fourth-order valence-electron chi connectivity index (χ4n) is 2.22. The average molecular weight is 329 g/mol. The first-order chi connectivity index (χ1) is 11.7. The van der Waals surface area contributed by atoms with Crippen molar-refractivity contribution in [1.29, 1.82) is 0 Å². The van der Waals surface area contributed by atoms with Gasteiger partial charge in [0.2, 0.25) is 5.91 Å². The highest BCUT2D eigenvalue weighted by Crippen LogP contribution is 2.27. The predicted molar refractivity (Wildman–Crippen MR) is 92.6 cm³/mol. The van der Waals surface area contributed by atoms with E-state index in [0.29, 0.717) is 37.5 Å². The third-order valence-electron chi connectivity index (χ3n) is 3.50. The third-order valence-corrected chi connectivity index (χ3v) is 3.50. The van der Waals surface area contributed by atoms with E-state index in [4.69, 9.17) is 14.2 Å². The normalized spacial score (nSPS) is 10.1. The average Bonchev–Trinajstić information content (AvgIpc) is 2.64. The molecule has 5 heteroatoms. The summed E-state index contributed by atoms with van der Waals surface area (Å²) in [6.07, 6.45) is 1.10. The molecule has 5 nitrogen and oxygen atoms in total. The molecule has 2 rings (SSSR count). The summed E-state index contributed by atoms with van der Waals surface area (Å²) in [5, 5.41) is 2.90. The molecule has 0 radical (unpaired) electrons. The number of amides is 1. The van der Waals surface area contributed by atoms with Gasteiger partial charge < -0.3 is 19.5 Å². The van der Waals surface area contributed by atoms with E-state index >= 15 is 0 Å². The first-order valence-corrected chi connectivity index (χ1v) is 7.88. The van der Waals surface area contributed by atoms with Gasteiger partial charge in [0.1, 0.15) is 5.75 Å². The molecule has 0 bridgehead atoms. The van der Waals surface area contributed by atoms with Gasteiger partial charge in [-0.1, -0.05) is 24.3 Å². The maximum Gasteiger partial charge on any atom is 0.220 e. The lowest BCUT2D eigenvalue weighted by Crippen LogP contribution is -2.23. The molecule has 0 atom stereocenters. The Kier molecular flexibility index (Phi) is 6.95. The Hall–Kier alpha value is -2.69. The maximum absolute atomic E-state index is 11.9. The van der Waals surface area contributed by atoms with Crippen molar-refractivity contribution in [3.63, 3.8) is 0 Å². The number of ether oxygens (including phenoxy) is 3. The lowest BCUT2D eigenvalue weighted by molar-refractivity contribution is -0.121. The molecule has 0 spiro atoms. The van der Waals surface area contributed by atoms with Crippen LogP contribution in [0.2, 0.25) is 0 Å². The number of carbonyl (C=O) groups excluding carboxylic acids is 1. The van der Waals surface area contributed by atoms with Crippen molar-refractivity contribution >= 4 is 5.91 Å². The van der Waals surface area contributed by atoms with E-state index in [2.05, 4.69) is 5.32 Å². The zero-order valence-corrected chi connectivity index (χ0v) is 14.1. The van der Waals surface area contributed by atoms with Crippen LogP contribution in [0.15, 0.2) is 48.5 Å². The van der Waals surface area contributed by atoms with Crippen LogP contribution in [0.5, 0.6) is 17.2 Å². The predicted octanol–water partition coefficient (Wildman–Crippen LogP) is 3.18. The zero-order chi connectivity index (χ0) is 17.2. The van der Waals surface area contributed by atoms with Crippen LogP contribution in [0, 0.1) is 0 Å². The van der Waals surface area contributed by atoms with E-state index in [-0.39, 0.29) is 5.91 Å². The summed E-state index contributed by atoms with van der Waals surface area (Å²) in [6.45, 7) is 0.979. The van der Waals surface area contributed by atoms with Gasteiger partial charge in [0.25, 0.3) is 0 Å². The molecule has 1 amide bonds. The molecule has 2 aromatic rings. The number of rotatable bonds is 9. The summed E-state index contributed by atoms with van der Waals surface area (Å²) in [6, 6.07) is 15.2. The number of benzene rings is 2. The molecule has 2 aromatic carbocycles. The summed E-state index contributed by atoms with van der Waals surface area (Å²) in [4.78, 5) is 11.9. The van der Waals surface area contributed by atoms with Gasteiger partial charge in [-0.05, 0) is 36.2 Å². The Balaban J connectivity index is 1.69. The van der Waals surface area contributed by atoms with E-state index in [1.54, 1.807) is 14.2 Å². The highest BCUT2D eigenvalue weighted by Gasteiger charge is 2.06. The summed E-state index contributed by atoms with van der Waals surface area (Å²) in [7, 11) is 3.18. The highest BCUT2D eigenvalue weighted by atomic mass is 16.5. The molecule has 24 heavy (non-hydrogen) atoms. The lowest BCUT2D eigenvalue weighted by atomic mass is 10.2. The van der Waals surface area contributed by atoms with E-state index < -0.39 is 0 Å². The molecule has 0 aromatic heterocycles. The van der Waals surface area contributed by atoms with Crippen molar-refractivity contribution in [2.45, 2.75) is 19.4 Å². The molecule has 0 aliphatic rings. The van der Waals surface area contributed by atoms with Crippen LogP contribution in [0.1, 0.15) is 18.4 Å². The van der Waals surface area contributed by atoms with Crippen LogP contribution in [0.4, 0.5) is 0 Å². The van der Waals surface area contributed by atoms with Crippen LogP contribution in [-0.4, -0.2) is 26.7 Å². The second kappa shape index (κ2) is 9.45. The second-order valence-electron chi connectivity index (χ2n) is 5.23. The minimum atomic E-state index is 0.00134. The molecule has 0 fully saturated rings. The van der Waals surface area contributed by atoms with Crippen molar-refractivity contribution in [1.82, 2.24) is 5.32 Å². The van der Waals surface area contributed by atoms with Crippen molar-refractivity contribution in [2.24, 2.45) is 0 Å². The van der Waals surface area contributed by atoms with E-state index in [0.717, 1.165) is 11.3 Å². The fourth-order valence-corrected chi connectivity index (χ4v) is 2.22. The van der Waals surface area contributed by atoms with Crippen molar-refractivity contribution in [2.75, 3.05) is 20.8 Å². The molecule has 0 saturated heterocycles. The quantitative estimate of drug-likeness (QED) is 0.718. The molecule has 0 unspecified atom stereocenters. The summed E-state index contributed by atoms with van der Waals surface area (Å²) in [5.74, 6) is 2.15. The van der Waals surface area contributed by atoms with Gasteiger partial charge in [-0.3, -0.25) is 4.79 Å². The summed E-state index contributed by atoms with van der Waals surface area (Å²) >= 11 is 0. The largest absolute Gasteiger partial charge is 0.494 e. The molecule has 0 aliphatic heterocycles. The van der Waals surface area contributed by atoms with Gasteiger partial charge in [0, 0.05) is 13.0 Å². The number of carbonyl (C=O) groups is 1. The maximum atomic E-state index is 11.9. The van der Waals surface area contributed by atoms with Gasteiger partial charge in [0.15, 0.2) is 11.5 Å². The van der Waals surface area contributed by atoms with Crippen LogP contribution >= 0.6 is 0 Å². The topological polar surface area (TPSA) is 56.8 Å². The van der Waals surface area contributed by atoms with Gasteiger partial charge in [-0.25, -0.2) is 0 Å². The van der Waals surface area contributed by atoms with Gasteiger partial charge in [-0.2, -0.15) is 0 Å². The fraction of sp³-hybridized carbons (Fsp3) is 0.316. The second-order valence-corrected chi connectivity index (χ2v) is 5.23. The Morgan fingerprint density at radius 2 is 1.75 bits per heavy atom. The molecule has 128 valence electrons. The molecule has 0 aliphatic carbocycles. The van der Waals surface area contributed by atoms with Gasteiger partial charge >= 0.3 is 0 Å². The number of hydrogen-bond acceptors (Lipinski definition) is 4. The highest BCUT2D eigenvalue weighted by molar-refractivity contribution is 5.75. The third kappa shape index (κ3) is 5.50. The van der Waals surface area contributed by atoms with Crippen molar-refractivity contribution in [3.05, 3.63) is 54.1 Å². The van der Waals surface area contributed by atoms with Crippen molar-refractivity contribution < 1.29 is 19.0 Å². The Morgan fingerprint density at radius 3 is 2.46 bits per heavy atom. The lowest BCUT2D eigenvalue weighted by Gasteiger charge is -2.10. The standard InChI is InChI=1S/C19H23NO4/c1-22-17-11-10-15(13-18(17)23-2)14-20-19(21)9-6-12-24-16-7-4-3-5-8-16/h3-5,7-8,10-11,13H,6,9,12,14H2,1-2H3,(H,20,21). The van der Waals surface area contributed by atoms with E-state index in [1.807, 2.05) is 48.5 Å². The minimum Gasteiger partial charge on any atom is -0.494 e. The number of para-hydroxylation sites is 1. The summed E-state index contributed by atoms with van der Waals surface area (Å²) in [5.41, 5.74) is 0.960. The smallest absolute Gasteiger partial charge is 0.220 e. The first kappa shape index (κ1) is 17.7. The zero-order valence-electron chi connectivity index (χ0n) is 14.1. The summed E-state index contributed by atoms with van der Waals surface area (Å²) < 4.78 is 16.0. The van der Waals surface area contributed by atoms with Crippen LogP contribution in [0.25, 0.3) is 0 Å². The monoisotopic (exact) mass is 329 g/mol. The van der Waals surface area contributed by atoms with Crippen LogP contribution in [0.3, 0.4) is 0 Å².